The number of rotatable bonds is 6. The molecule has 1 unspecified atom stereocenters. The molecule has 2 N–H and O–H groups in total. The molecule has 0 amide bonds. The van der Waals surface area contributed by atoms with Crippen LogP contribution in [0.4, 0.5) is 18.9 Å². The molecule has 0 bridgehead atoms. The van der Waals surface area contributed by atoms with E-state index in [1.165, 1.54) is 19.1 Å². The summed E-state index contributed by atoms with van der Waals surface area (Å²) in [5, 5.41) is 2.63. The smallest absolute Gasteiger partial charge is 0.381 e. The standard InChI is InChI=1S/C13H17F3N2O2S/c1-9(8-13(14,15)16)17-11-4-2-3-5-12(11)21(19,20)18-10-6-7-10/h2-5,9-10,17-18H,6-8H2,1H3. The molecule has 4 nitrogen and oxygen atoms in total. The maximum atomic E-state index is 12.4. The van der Waals surface area contributed by atoms with E-state index in [2.05, 4.69) is 10.0 Å². The summed E-state index contributed by atoms with van der Waals surface area (Å²) in [6.45, 7) is 1.37. The summed E-state index contributed by atoms with van der Waals surface area (Å²) in [5.41, 5.74) is 0.183. The van der Waals surface area contributed by atoms with Gasteiger partial charge >= 0.3 is 6.18 Å². The molecule has 0 saturated heterocycles. The molecule has 1 aromatic rings. The minimum absolute atomic E-state index is 0.0223. The Morgan fingerprint density at radius 3 is 2.48 bits per heavy atom. The first-order valence-electron chi connectivity index (χ1n) is 6.62. The van der Waals surface area contributed by atoms with Gasteiger partial charge in [0.25, 0.3) is 0 Å². The SMILES string of the molecule is CC(CC(F)(F)F)Nc1ccccc1S(=O)(=O)NC1CC1. The highest BCUT2D eigenvalue weighted by molar-refractivity contribution is 7.89. The van der Waals surface area contributed by atoms with Gasteiger partial charge in [-0.25, -0.2) is 13.1 Å². The highest BCUT2D eigenvalue weighted by Gasteiger charge is 2.32. The molecule has 0 heterocycles. The second kappa shape index (κ2) is 5.84. The van der Waals surface area contributed by atoms with E-state index >= 15 is 0 Å². The van der Waals surface area contributed by atoms with Gasteiger partial charge in [0.1, 0.15) is 4.90 Å². The predicted molar refractivity (Wildman–Crippen MR) is 73.5 cm³/mol. The fraction of sp³-hybridized carbons (Fsp3) is 0.538. The van der Waals surface area contributed by atoms with E-state index in [9.17, 15) is 21.6 Å². The van der Waals surface area contributed by atoms with E-state index in [-0.39, 0.29) is 16.6 Å². The fourth-order valence-corrected chi connectivity index (χ4v) is 3.44. The van der Waals surface area contributed by atoms with Crippen molar-refractivity contribution in [1.82, 2.24) is 4.72 Å². The lowest BCUT2D eigenvalue weighted by Gasteiger charge is -2.19. The van der Waals surface area contributed by atoms with E-state index in [1.807, 2.05) is 0 Å². The van der Waals surface area contributed by atoms with Gasteiger partial charge in [-0.2, -0.15) is 13.2 Å². The number of benzene rings is 1. The monoisotopic (exact) mass is 322 g/mol. The minimum atomic E-state index is -4.30. The molecular weight excluding hydrogens is 305 g/mol. The van der Waals surface area contributed by atoms with Gasteiger partial charge in [-0.3, -0.25) is 0 Å². The number of nitrogens with one attached hydrogen (secondary N) is 2. The zero-order valence-electron chi connectivity index (χ0n) is 11.4. The first kappa shape index (κ1) is 16.1. The van der Waals surface area contributed by atoms with Crippen molar-refractivity contribution < 1.29 is 21.6 Å². The summed E-state index contributed by atoms with van der Waals surface area (Å²) >= 11 is 0. The van der Waals surface area contributed by atoms with Crippen LogP contribution in [0.3, 0.4) is 0 Å². The summed E-state index contributed by atoms with van der Waals surface area (Å²) in [4.78, 5) is -0.0223. The maximum Gasteiger partial charge on any atom is 0.391 e. The molecule has 0 aliphatic heterocycles. The quantitative estimate of drug-likeness (QED) is 0.847. The van der Waals surface area contributed by atoms with Crippen molar-refractivity contribution in [1.29, 1.82) is 0 Å². The number of halogens is 3. The first-order valence-corrected chi connectivity index (χ1v) is 8.10. The van der Waals surface area contributed by atoms with E-state index in [4.69, 9.17) is 0 Å². The van der Waals surface area contributed by atoms with Crippen LogP contribution >= 0.6 is 0 Å². The second-order valence-electron chi connectivity index (χ2n) is 5.26. The van der Waals surface area contributed by atoms with Gasteiger partial charge in [0, 0.05) is 12.1 Å². The van der Waals surface area contributed by atoms with Crippen LogP contribution < -0.4 is 10.0 Å². The number of hydrogen-bond donors (Lipinski definition) is 2. The zero-order chi connectivity index (χ0) is 15.7. The van der Waals surface area contributed by atoms with Crippen molar-refractivity contribution in [2.75, 3.05) is 5.32 Å². The third kappa shape index (κ3) is 4.89. The van der Waals surface area contributed by atoms with Gasteiger partial charge in [-0.1, -0.05) is 12.1 Å². The van der Waals surface area contributed by atoms with Crippen LogP contribution in [-0.4, -0.2) is 26.7 Å². The average Bonchev–Trinajstić information content (AvgIpc) is 3.10. The molecule has 8 heteroatoms. The molecule has 1 aliphatic rings. The molecule has 118 valence electrons. The van der Waals surface area contributed by atoms with Gasteiger partial charge in [-0.15, -0.1) is 0 Å². The second-order valence-corrected chi connectivity index (χ2v) is 6.94. The first-order chi connectivity index (χ1) is 9.67. The summed E-state index contributed by atoms with van der Waals surface area (Å²) in [6, 6.07) is 5.00. The van der Waals surface area contributed by atoms with Crippen LogP contribution in [0.2, 0.25) is 0 Å². The van der Waals surface area contributed by atoms with Crippen molar-refractivity contribution in [2.45, 2.75) is 49.3 Å². The number of sulfonamides is 1. The maximum absolute atomic E-state index is 12.4. The van der Waals surface area contributed by atoms with Crippen molar-refractivity contribution in [3.8, 4) is 0 Å². The van der Waals surface area contributed by atoms with Gasteiger partial charge in [-0.05, 0) is 31.9 Å². The Bertz CT molecular complexity index is 598. The summed E-state index contributed by atoms with van der Waals surface area (Å²) < 4.78 is 64.0. The highest BCUT2D eigenvalue weighted by Crippen LogP contribution is 2.28. The van der Waals surface area contributed by atoms with Crippen LogP contribution in [0.1, 0.15) is 26.2 Å². The Balaban J connectivity index is 2.16. The molecule has 0 aromatic heterocycles. The molecule has 1 fully saturated rings. The number of para-hydroxylation sites is 1. The van der Waals surface area contributed by atoms with Crippen molar-refractivity contribution in [2.24, 2.45) is 0 Å². The Morgan fingerprint density at radius 2 is 1.90 bits per heavy atom. The van der Waals surface area contributed by atoms with Crippen LogP contribution in [0.15, 0.2) is 29.2 Å². The van der Waals surface area contributed by atoms with Gasteiger partial charge in [0.05, 0.1) is 12.1 Å². The Morgan fingerprint density at radius 1 is 1.29 bits per heavy atom. The Kier molecular flexibility index (Phi) is 4.48. The Labute approximate surface area is 121 Å². The van der Waals surface area contributed by atoms with Crippen molar-refractivity contribution in [3.05, 3.63) is 24.3 Å². The number of anilines is 1. The van der Waals surface area contributed by atoms with Crippen molar-refractivity contribution in [3.63, 3.8) is 0 Å². The number of hydrogen-bond acceptors (Lipinski definition) is 3. The van der Waals surface area contributed by atoms with Crippen molar-refractivity contribution >= 4 is 15.7 Å². The van der Waals surface area contributed by atoms with Gasteiger partial charge in [0.2, 0.25) is 10.0 Å². The van der Waals surface area contributed by atoms with Crippen LogP contribution in [-0.2, 0) is 10.0 Å². The lowest BCUT2D eigenvalue weighted by Crippen LogP contribution is -2.28. The molecule has 1 aromatic carbocycles. The molecule has 1 aliphatic carbocycles. The van der Waals surface area contributed by atoms with E-state index in [1.54, 1.807) is 12.1 Å². The zero-order valence-corrected chi connectivity index (χ0v) is 12.3. The number of alkyl halides is 3. The molecular formula is C13H17F3N2O2S. The highest BCUT2D eigenvalue weighted by atomic mass is 32.2. The lowest BCUT2D eigenvalue weighted by atomic mass is 10.2. The minimum Gasteiger partial charge on any atom is -0.381 e. The summed E-state index contributed by atoms with van der Waals surface area (Å²) in [5.74, 6) is 0. The molecule has 0 radical (unpaired) electrons. The van der Waals surface area contributed by atoms with E-state index in [0.717, 1.165) is 12.8 Å². The largest absolute Gasteiger partial charge is 0.391 e. The average molecular weight is 322 g/mol. The van der Waals surface area contributed by atoms with E-state index in [0.29, 0.717) is 0 Å². The normalized spacial score (nSPS) is 17.5. The lowest BCUT2D eigenvalue weighted by molar-refractivity contribution is -0.136. The summed E-state index contributed by atoms with van der Waals surface area (Å²) in [7, 11) is -3.71. The summed E-state index contributed by atoms with van der Waals surface area (Å²) in [6.07, 6.45) is -3.75. The molecule has 21 heavy (non-hydrogen) atoms. The third-order valence-electron chi connectivity index (χ3n) is 3.02. The van der Waals surface area contributed by atoms with E-state index < -0.39 is 28.7 Å². The Hall–Kier alpha value is -1.28. The van der Waals surface area contributed by atoms with Gasteiger partial charge in [0.15, 0.2) is 0 Å². The van der Waals surface area contributed by atoms with Gasteiger partial charge < -0.3 is 5.32 Å². The third-order valence-corrected chi connectivity index (χ3v) is 4.59. The predicted octanol–water partition coefficient (Wildman–Crippen LogP) is 2.88. The molecule has 1 saturated carbocycles. The fourth-order valence-electron chi connectivity index (χ4n) is 1.97. The molecule has 1 atom stereocenters. The molecule has 0 spiro atoms. The topological polar surface area (TPSA) is 58.2 Å². The molecule has 2 rings (SSSR count). The van der Waals surface area contributed by atoms with Crippen LogP contribution in [0.5, 0.6) is 0 Å². The van der Waals surface area contributed by atoms with Crippen LogP contribution in [0.25, 0.3) is 0 Å². The van der Waals surface area contributed by atoms with Crippen LogP contribution in [0, 0.1) is 0 Å².